The molecule has 0 bridgehead atoms. The van der Waals surface area contributed by atoms with Crippen LogP contribution in [0, 0.1) is 6.92 Å². The first-order chi connectivity index (χ1) is 28.7. The number of aromatic nitrogens is 5. The Morgan fingerprint density at radius 2 is 1.00 bits per heavy atom. The molecule has 5 heterocycles. The highest BCUT2D eigenvalue weighted by Gasteiger charge is 2.27. The number of furan rings is 1. The van der Waals surface area contributed by atoms with Crippen LogP contribution in [0.4, 0.5) is 0 Å². The van der Waals surface area contributed by atoms with Gasteiger partial charge in [0.25, 0.3) is 0 Å². The molecule has 6 nitrogen and oxygen atoms in total. The average molecular weight is 742 g/mol. The molecule has 0 saturated carbocycles. The predicted octanol–water partition coefficient (Wildman–Crippen LogP) is 13.3. The van der Waals surface area contributed by atoms with Gasteiger partial charge in [-0.25, -0.2) is 15.0 Å². The molecule has 8 aromatic carbocycles. The zero-order chi connectivity index (χ0) is 38.1. The summed E-state index contributed by atoms with van der Waals surface area (Å²) in [6.45, 7) is 2.14. The van der Waals surface area contributed by atoms with Crippen molar-refractivity contribution in [3.8, 4) is 39.9 Å². The van der Waals surface area contributed by atoms with Crippen LogP contribution in [-0.2, 0) is 0 Å². The van der Waals surface area contributed by atoms with Gasteiger partial charge in [-0.2, -0.15) is 0 Å². The van der Waals surface area contributed by atoms with Crippen molar-refractivity contribution in [2.24, 2.45) is 0 Å². The minimum absolute atomic E-state index is 0.571. The van der Waals surface area contributed by atoms with Crippen molar-refractivity contribution in [3.05, 3.63) is 175 Å². The van der Waals surface area contributed by atoms with Crippen molar-refractivity contribution >= 4 is 81.8 Å². The van der Waals surface area contributed by atoms with Gasteiger partial charge in [-0.15, -0.1) is 0 Å². The molecule has 58 heavy (non-hydrogen) atoms. The van der Waals surface area contributed by atoms with E-state index in [1.165, 1.54) is 48.9 Å². The van der Waals surface area contributed by atoms with Crippen LogP contribution in [0.2, 0.25) is 0 Å². The van der Waals surface area contributed by atoms with E-state index in [1.807, 2.05) is 66.7 Å². The van der Waals surface area contributed by atoms with Crippen molar-refractivity contribution in [1.29, 1.82) is 0 Å². The zero-order valence-electron chi connectivity index (χ0n) is 31.3. The van der Waals surface area contributed by atoms with E-state index < -0.39 is 0 Å². The van der Waals surface area contributed by atoms with Crippen LogP contribution in [0.3, 0.4) is 0 Å². The van der Waals surface area contributed by atoms with E-state index in [2.05, 4.69) is 119 Å². The SMILES string of the molecule is Cc1cc(-n2c3ccccc3c3c2ccc2c4cccc5c6ccccc6n(c54)c23)c2c(oc3ccccc32)c1-c1nc(-c2ccccc2)nc(-c2ccccc2)n1. The van der Waals surface area contributed by atoms with Crippen LogP contribution in [0.15, 0.2) is 174 Å². The number of nitrogens with zero attached hydrogens (tertiary/aromatic N) is 5. The molecule has 5 aromatic heterocycles. The van der Waals surface area contributed by atoms with Gasteiger partial charge >= 0.3 is 0 Å². The maximum absolute atomic E-state index is 6.95. The van der Waals surface area contributed by atoms with Crippen molar-refractivity contribution < 1.29 is 4.42 Å². The third-order valence-electron chi connectivity index (χ3n) is 12.0. The second-order valence-electron chi connectivity index (χ2n) is 15.2. The molecule has 270 valence electrons. The van der Waals surface area contributed by atoms with E-state index in [1.54, 1.807) is 0 Å². The molecule has 0 radical (unpaired) electrons. The first-order valence-corrected chi connectivity index (χ1v) is 19.6. The van der Waals surface area contributed by atoms with Crippen LogP contribution in [0.1, 0.15) is 5.56 Å². The number of rotatable bonds is 4. The van der Waals surface area contributed by atoms with E-state index in [-0.39, 0.29) is 0 Å². The third-order valence-corrected chi connectivity index (χ3v) is 12.0. The normalized spacial score (nSPS) is 12.2. The summed E-state index contributed by atoms with van der Waals surface area (Å²) >= 11 is 0. The van der Waals surface area contributed by atoms with Crippen LogP contribution in [-0.4, -0.2) is 23.9 Å². The van der Waals surface area contributed by atoms with Crippen molar-refractivity contribution in [2.75, 3.05) is 0 Å². The van der Waals surface area contributed by atoms with Gasteiger partial charge in [0.15, 0.2) is 17.5 Å². The molecule has 0 saturated heterocycles. The lowest BCUT2D eigenvalue weighted by molar-refractivity contribution is 0.669. The van der Waals surface area contributed by atoms with Gasteiger partial charge in [-0.3, -0.25) is 0 Å². The van der Waals surface area contributed by atoms with Crippen LogP contribution in [0.5, 0.6) is 0 Å². The first-order valence-electron chi connectivity index (χ1n) is 19.6. The topological polar surface area (TPSA) is 61.2 Å². The summed E-state index contributed by atoms with van der Waals surface area (Å²) in [4.78, 5) is 15.3. The minimum atomic E-state index is 0.571. The van der Waals surface area contributed by atoms with Gasteiger partial charge in [0.05, 0.1) is 44.2 Å². The molecule has 0 aliphatic rings. The van der Waals surface area contributed by atoms with E-state index in [0.717, 1.165) is 60.9 Å². The molecule has 13 rings (SSSR count). The molecule has 6 heteroatoms. The summed E-state index contributed by atoms with van der Waals surface area (Å²) in [5, 5.41) is 9.56. The molecule has 0 spiro atoms. The lowest BCUT2D eigenvalue weighted by Gasteiger charge is -2.15. The molecular formula is C52H31N5O. The Morgan fingerprint density at radius 3 is 1.74 bits per heavy atom. The number of hydrogen-bond acceptors (Lipinski definition) is 4. The smallest absolute Gasteiger partial charge is 0.168 e. The fourth-order valence-corrected chi connectivity index (χ4v) is 9.60. The fourth-order valence-electron chi connectivity index (χ4n) is 9.60. The molecule has 0 unspecified atom stereocenters. The molecule has 13 aromatic rings. The Kier molecular flexibility index (Phi) is 6.28. The van der Waals surface area contributed by atoms with Gasteiger partial charge in [0.2, 0.25) is 0 Å². The lowest BCUT2D eigenvalue weighted by Crippen LogP contribution is -2.03. The Bertz CT molecular complexity index is 3740. The highest BCUT2D eigenvalue weighted by atomic mass is 16.3. The lowest BCUT2D eigenvalue weighted by atomic mass is 10.0. The second kappa shape index (κ2) is 11.6. The number of aryl methyl sites for hydroxylation is 1. The third kappa shape index (κ3) is 4.18. The predicted molar refractivity (Wildman–Crippen MR) is 237 cm³/mol. The van der Waals surface area contributed by atoms with Gasteiger partial charge in [0, 0.05) is 48.8 Å². The Labute approximate surface area is 331 Å². The largest absolute Gasteiger partial charge is 0.455 e. The van der Waals surface area contributed by atoms with Gasteiger partial charge in [-0.1, -0.05) is 140 Å². The monoisotopic (exact) mass is 741 g/mol. The average Bonchev–Trinajstić information content (AvgIpc) is 4.02. The van der Waals surface area contributed by atoms with E-state index in [4.69, 9.17) is 19.4 Å². The molecular weight excluding hydrogens is 711 g/mol. The van der Waals surface area contributed by atoms with E-state index in [9.17, 15) is 0 Å². The number of fused-ring (bicyclic) bond motifs is 13. The fraction of sp³-hybridized carbons (Fsp3) is 0.0192. The standard InChI is InChI=1S/C52H31N5O/c1-30-29-42(56-40-25-12-9-20-37(40)45-41(56)28-27-36-35-23-14-22-34-33-19-8-11-24-39(33)57(47(34)35)48(36)45)46-38-21-10-13-26-43(38)58-49(46)44(30)52-54-50(31-15-4-2-5-16-31)53-51(55-52)32-17-6-3-7-18-32/h2-29H,1H3. The van der Waals surface area contributed by atoms with Crippen LogP contribution >= 0.6 is 0 Å². The molecule has 0 fully saturated rings. The summed E-state index contributed by atoms with van der Waals surface area (Å²) < 4.78 is 11.9. The summed E-state index contributed by atoms with van der Waals surface area (Å²) in [6.07, 6.45) is 0. The number of hydrogen-bond donors (Lipinski definition) is 0. The number of para-hydroxylation sites is 4. The maximum atomic E-state index is 6.95. The van der Waals surface area contributed by atoms with Gasteiger partial charge in [-0.05, 0) is 42.8 Å². The maximum Gasteiger partial charge on any atom is 0.168 e. The molecule has 0 aliphatic carbocycles. The zero-order valence-corrected chi connectivity index (χ0v) is 31.3. The van der Waals surface area contributed by atoms with Gasteiger partial charge < -0.3 is 13.4 Å². The van der Waals surface area contributed by atoms with Crippen LogP contribution < -0.4 is 0 Å². The first kappa shape index (κ1) is 31.4. The minimum Gasteiger partial charge on any atom is -0.455 e. The molecule has 0 amide bonds. The summed E-state index contributed by atoms with van der Waals surface area (Å²) in [7, 11) is 0. The second-order valence-corrected chi connectivity index (χ2v) is 15.2. The highest BCUT2D eigenvalue weighted by molar-refractivity contribution is 6.31. The Balaban J connectivity index is 1.16. The summed E-state index contributed by atoms with van der Waals surface area (Å²) in [5.41, 5.74) is 12.3. The molecule has 0 atom stereocenters. The quantitative estimate of drug-likeness (QED) is 0.180. The summed E-state index contributed by atoms with van der Waals surface area (Å²) in [6, 6.07) is 59.8. The Morgan fingerprint density at radius 1 is 0.431 bits per heavy atom. The van der Waals surface area contributed by atoms with Crippen molar-refractivity contribution in [1.82, 2.24) is 23.9 Å². The Hall–Kier alpha value is -7.83. The van der Waals surface area contributed by atoms with Gasteiger partial charge in [0.1, 0.15) is 11.2 Å². The van der Waals surface area contributed by atoms with Crippen molar-refractivity contribution in [3.63, 3.8) is 0 Å². The van der Waals surface area contributed by atoms with Crippen molar-refractivity contribution in [2.45, 2.75) is 6.92 Å². The van der Waals surface area contributed by atoms with E-state index >= 15 is 0 Å². The number of benzene rings is 8. The van der Waals surface area contributed by atoms with Crippen LogP contribution in [0.25, 0.3) is 122 Å². The molecule has 0 N–H and O–H groups in total. The highest BCUT2D eigenvalue weighted by Crippen LogP contribution is 2.47. The summed E-state index contributed by atoms with van der Waals surface area (Å²) in [5.74, 6) is 1.80. The van der Waals surface area contributed by atoms with E-state index in [0.29, 0.717) is 17.5 Å². The molecule has 0 aliphatic heterocycles.